The molecule has 0 atom stereocenters. The average Bonchev–Trinajstić information content (AvgIpc) is 3.38. The van der Waals surface area contributed by atoms with Crippen LogP contribution in [0, 0.1) is 12.3 Å². The largest absolute Gasteiger partial charge is 0.496 e. The minimum Gasteiger partial charge on any atom is -0.496 e. The Bertz CT molecular complexity index is 568. The van der Waals surface area contributed by atoms with E-state index in [2.05, 4.69) is 42.7 Å². The zero-order valence-electron chi connectivity index (χ0n) is 16.2. The van der Waals surface area contributed by atoms with E-state index in [0.29, 0.717) is 12.0 Å². The minimum atomic E-state index is 0.396. The molecular weight excluding hydrogens is 314 g/mol. The van der Waals surface area contributed by atoms with E-state index < -0.39 is 0 Å². The van der Waals surface area contributed by atoms with Crippen LogP contribution in [0.15, 0.2) is 23.2 Å². The standard InChI is InChI=1S/C20H33N3O2/c1-5-21-19(23-15-20(9-10-20)11-12-25-6-2)22-14-17-8-7-16(3)13-18(17)24-4/h7-8,13H,5-6,9-12,14-15H2,1-4H3,(H2,21,22,23). The van der Waals surface area contributed by atoms with E-state index in [1.54, 1.807) is 7.11 Å². The normalized spacial score (nSPS) is 15.8. The summed E-state index contributed by atoms with van der Waals surface area (Å²) >= 11 is 0. The van der Waals surface area contributed by atoms with E-state index in [1.165, 1.54) is 18.4 Å². The molecule has 0 aliphatic heterocycles. The Morgan fingerprint density at radius 3 is 2.68 bits per heavy atom. The van der Waals surface area contributed by atoms with Gasteiger partial charge in [0.2, 0.25) is 0 Å². The maximum absolute atomic E-state index is 5.52. The number of aliphatic imine (C=N–C) groups is 1. The lowest BCUT2D eigenvalue weighted by atomic mass is 10.0. The number of nitrogens with one attached hydrogen (secondary N) is 2. The van der Waals surface area contributed by atoms with Crippen LogP contribution in [0.2, 0.25) is 0 Å². The number of guanidine groups is 1. The highest BCUT2D eigenvalue weighted by Crippen LogP contribution is 2.48. The summed E-state index contributed by atoms with van der Waals surface area (Å²) in [6.45, 7) is 10.3. The van der Waals surface area contributed by atoms with Crippen molar-refractivity contribution in [3.05, 3.63) is 29.3 Å². The monoisotopic (exact) mass is 347 g/mol. The van der Waals surface area contributed by atoms with Gasteiger partial charge in [0.25, 0.3) is 0 Å². The molecule has 5 nitrogen and oxygen atoms in total. The molecule has 0 saturated heterocycles. The van der Waals surface area contributed by atoms with Gasteiger partial charge in [0.05, 0.1) is 13.7 Å². The summed E-state index contributed by atoms with van der Waals surface area (Å²) in [5.74, 6) is 1.77. The van der Waals surface area contributed by atoms with Crippen molar-refractivity contribution < 1.29 is 9.47 Å². The van der Waals surface area contributed by atoms with E-state index in [0.717, 1.165) is 50.0 Å². The second-order valence-electron chi connectivity index (χ2n) is 6.81. The first-order valence-corrected chi connectivity index (χ1v) is 9.36. The fraction of sp³-hybridized carbons (Fsp3) is 0.650. The summed E-state index contributed by atoms with van der Waals surface area (Å²) < 4.78 is 11.0. The molecule has 1 saturated carbocycles. The lowest BCUT2D eigenvalue weighted by molar-refractivity contribution is 0.128. The number of methoxy groups -OCH3 is 1. The van der Waals surface area contributed by atoms with Crippen LogP contribution in [0.5, 0.6) is 5.75 Å². The maximum Gasteiger partial charge on any atom is 0.191 e. The molecule has 2 N–H and O–H groups in total. The molecule has 0 bridgehead atoms. The summed E-state index contributed by atoms with van der Waals surface area (Å²) in [6, 6.07) is 6.24. The number of benzene rings is 1. The molecule has 0 unspecified atom stereocenters. The number of rotatable bonds is 10. The highest BCUT2D eigenvalue weighted by molar-refractivity contribution is 5.79. The van der Waals surface area contributed by atoms with Crippen molar-refractivity contribution >= 4 is 5.96 Å². The third-order valence-corrected chi connectivity index (χ3v) is 4.76. The maximum atomic E-state index is 5.52. The minimum absolute atomic E-state index is 0.396. The van der Waals surface area contributed by atoms with Crippen molar-refractivity contribution in [1.29, 1.82) is 0 Å². The average molecular weight is 348 g/mol. The van der Waals surface area contributed by atoms with Gasteiger partial charge >= 0.3 is 0 Å². The van der Waals surface area contributed by atoms with Gasteiger partial charge in [-0.25, -0.2) is 4.99 Å². The smallest absolute Gasteiger partial charge is 0.191 e. The van der Waals surface area contributed by atoms with Gasteiger partial charge < -0.3 is 20.1 Å². The van der Waals surface area contributed by atoms with E-state index >= 15 is 0 Å². The molecule has 140 valence electrons. The lowest BCUT2D eigenvalue weighted by Gasteiger charge is -2.18. The van der Waals surface area contributed by atoms with Gasteiger partial charge in [0.1, 0.15) is 5.75 Å². The second-order valence-corrected chi connectivity index (χ2v) is 6.81. The molecule has 2 rings (SSSR count). The van der Waals surface area contributed by atoms with Crippen LogP contribution in [0.3, 0.4) is 0 Å². The van der Waals surface area contributed by atoms with Crippen LogP contribution >= 0.6 is 0 Å². The summed E-state index contributed by atoms with van der Waals surface area (Å²) in [6.07, 6.45) is 3.68. The second kappa shape index (κ2) is 9.66. The van der Waals surface area contributed by atoms with Crippen LogP contribution < -0.4 is 15.4 Å². The zero-order valence-corrected chi connectivity index (χ0v) is 16.2. The van der Waals surface area contributed by atoms with Crippen LogP contribution in [0.25, 0.3) is 0 Å². The topological polar surface area (TPSA) is 54.9 Å². The Balaban J connectivity index is 1.92. The highest BCUT2D eigenvalue weighted by Gasteiger charge is 2.41. The number of ether oxygens (including phenoxy) is 2. The Morgan fingerprint density at radius 1 is 1.24 bits per heavy atom. The molecule has 1 aliphatic rings. The Kier molecular flexibility index (Phi) is 7.56. The van der Waals surface area contributed by atoms with E-state index in [1.807, 2.05) is 6.92 Å². The molecule has 1 fully saturated rings. The molecule has 1 aromatic rings. The number of hydrogen-bond acceptors (Lipinski definition) is 3. The molecule has 0 spiro atoms. The quantitative estimate of drug-likeness (QED) is 0.387. The molecule has 1 aromatic carbocycles. The molecule has 0 amide bonds. The number of nitrogens with zero attached hydrogens (tertiary/aromatic N) is 1. The Morgan fingerprint density at radius 2 is 2.04 bits per heavy atom. The van der Waals surface area contributed by atoms with E-state index in [4.69, 9.17) is 14.5 Å². The molecule has 0 radical (unpaired) electrons. The third-order valence-electron chi connectivity index (χ3n) is 4.76. The van der Waals surface area contributed by atoms with Crippen molar-refractivity contribution in [3.63, 3.8) is 0 Å². The van der Waals surface area contributed by atoms with Crippen molar-refractivity contribution in [3.8, 4) is 5.75 Å². The van der Waals surface area contributed by atoms with Gasteiger partial charge in [0, 0.05) is 31.9 Å². The van der Waals surface area contributed by atoms with Crippen molar-refractivity contribution in [2.45, 2.75) is 46.6 Å². The SMILES string of the molecule is CCNC(=NCc1ccc(C)cc1OC)NCC1(CCOCC)CC1. The molecule has 0 heterocycles. The molecule has 1 aliphatic carbocycles. The fourth-order valence-electron chi connectivity index (χ4n) is 2.88. The van der Waals surface area contributed by atoms with Crippen LogP contribution in [0.1, 0.15) is 44.2 Å². The summed E-state index contributed by atoms with van der Waals surface area (Å²) in [7, 11) is 1.71. The van der Waals surface area contributed by atoms with Crippen molar-refractivity contribution in [2.24, 2.45) is 10.4 Å². The molecular formula is C20H33N3O2. The Hall–Kier alpha value is -1.75. The first kappa shape index (κ1) is 19.6. The first-order valence-electron chi connectivity index (χ1n) is 9.36. The molecule has 0 aromatic heterocycles. The van der Waals surface area contributed by atoms with E-state index in [-0.39, 0.29) is 0 Å². The predicted molar refractivity (Wildman–Crippen MR) is 103 cm³/mol. The van der Waals surface area contributed by atoms with Gasteiger partial charge in [-0.1, -0.05) is 12.1 Å². The van der Waals surface area contributed by atoms with Crippen LogP contribution in [-0.2, 0) is 11.3 Å². The summed E-state index contributed by atoms with van der Waals surface area (Å²) in [5, 5.41) is 6.85. The number of aryl methyl sites for hydroxylation is 1. The first-order chi connectivity index (χ1) is 12.1. The van der Waals surface area contributed by atoms with Crippen molar-refractivity contribution in [1.82, 2.24) is 10.6 Å². The van der Waals surface area contributed by atoms with Gasteiger partial charge in [-0.15, -0.1) is 0 Å². The molecule has 25 heavy (non-hydrogen) atoms. The predicted octanol–water partition coefficient (Wildman–Crippen LogP) is 3.27. The lowest BCUT2D eigenvalue weighted by Crippen LogP contribution is -2.40. The van der Waals surface area contributed by atoms with Crippen molar-refractivity contribution in [2.75, 3.05) is 33.4 Å². The van der Waals surface area contributed by atoms with Gasteiger partial charge in [-0.05, 0) is 57.1 Å². The van der Waals surface area contributed by atoms with Gasteiger partial charge in [-0.2, -0.15) is 0 Å². The van der Waals surface area contributed by atoms with Crippen LogP contribution in [0.4, 0.5) is 0 Å². The highest BCUT2D eigenvalue weighted by atomic mass is 16.5. The summed E-state index contributed by atoms with van der Waals surface area (Å²) in [4.78, 5) is 4.73. The van der Waals surface area contributed by atoms with Gasteiger partial charge in [0.15, 0.2) is 5.96 Å². The van der Waals surface area contributed by atoms with Gasteiger partial charge in [-0.3, -0.25) is 0 Å². The summed E-state index contributed by atoms with van der Waals surface area (Å²) in [5.41, 5.74) is 2.69. The third kappa shape index (κ3) is 6.24. The Labute approximate surface area is 152 Å². The fourth-order valence-corrected chi connectivity index (χ4v) is 2.88. The molecule has 5 heteroatoms. The van der Waals surface area contributed by atoms with Crippen LogP contribution in [-0.4, -0.2) is 39.4 Å². The van der Waals surface area contributed by atoms with E-state index in [9.17, 15) is 0 Å². The zero-order chi connectivity index (χ0) is 18.1. The number of hydrogen-bond donors (Lipinski definition) is 2.